The van der Waals surface area contributed by atoms with E-state index in [0.717, 1.165) is 11.1 Å². The van der Waals surface area contributed by atoms with Crippen molar-refractivity contribution in [2.24, 2.45) is 0 Å². The summed E-state index contributed by atoms with van der Waals surface area (Å²) >= 11 is 0. The molecule has 86 valence electrons. The maximum atomic E-state index is 11.8. The fourth-order valence-electron chi connectivity index (χ4n) is 1.30. The Kier molecular flexibility index (Phi) is 3.88. The first-order valence-electron chi connectivity index (χ1n) is 5.44. The van der Waals surface area contributed by atoms with E-state index < -0.39 is 0 Å². The van der Waals surface area contributed by atoms with Crippen LogP contribution in [0.5, 0.6) is 0 Å². The summed E-state index contributed by atoms with van der Waals surface area (Å²) in [6.45, 7) is 7.75. The molecular formula is C14H19NO. The first-order chi connectivity index (χ1) is 7.38. The Bertz CT molecular complexity index is 385. The molecule has 0 heterocycles. The van der Waals surface area contributed by atoms with E-state index in [-0.39, 0.29) is 11.4 Å². The fraction of sp³-hybridized carbons (Fsp3) is 0.357. The molecule has 0 atom stereocenters. The van der Waals surface area contributed by atoms with Crippen molar-refractivity contribution in [1.29, 1.82) is 0 Å². The van der Waals surface area contributed by atoms with Crippen LogP contribution in [0.25, 0.3) is 6.08 Å². The number of rotatable bonds is 2. The molecular weight excluding hydrogens is 198 g/mol. The first kappa shape index (κ1) is 12.5. The van der Waals surface area contributed by atoms with Gasteiger partial charge in [-0.1, -0.05) is 30.3 Å². The summed E-state index contributed by atoms with van der Waals surface area (Å²) in [7, 11) is 0. The SMILES string of the molecule is CC(=Cc1ccccc1)C(=O)NC(C)(C)C. The second-order valence-electron chi connectivity index (χ2n) is 4.94. The van der Waals surface area contributed by atoms with E-state index in [4.69, 9.17) is 0 Å². The van der Waals surface area contributed by atoms with Gasteiger partial charge in [-0.3, -0.25) is 4.79 Å². The topological polar surface area (TPSA) is 29.1 Å². The van der Waals surface area contributed by atoms with Crippen LogP contribution in [0.3, 0.4) is 0 Å². The number of amides is 1. The highest BCUT2D eigenvalue weighted by Crippen LogP contribution is 2.08. The number of hydrogen-bond donors (Lipinski definition) is 1. The Hall–Kier alpha value is -1.57. The monoisotopic (exact) mass is 217 g/mol. The van der Waals surface area contributed by atoms with Crippen molar-refractivity contribution < 1.29 is 4.79 Å². The molecule has 16 heavy (non-hydrogen) atoms. The van der Waals surface area contributed by atoms with Crippen LogP contribution in [0.4, 0.5) is 0 Å². The third-order valence-corrected chi connectivity index (χ3v) is 2.03. The van der Waals surface area contributed by atoms with Crippen molar-refractivity contribution >= 4 is 12.0 Å². The lowest BCUT2D eigenvalue weighted by atomic mass is 10.1. The van der Waals surface area contributed by atoms with Crippen LogP contribution >= 0.6 is 0 Å². The normalized spacial score (nSPS) is 12.4. The zero-order valence-electron chi connectivity index (χ0n) is 10.4. The predicted molar refractivity (Wildman–Crippen MR) is 68.0 cm³/mol. The molecule has 2 heteroatoms. The van der Waals surface area contributed by atoms with Gasteiger partial charge < -0.3 is 5.32 Å². The summed E-state index contributed by atoms with van der Waals surface area (Å²) < 4.78 is 0. The second kappa shape index (κ2) is 4.97. The summed E-state index contributed by atoms with van der Waals surface area (Å²) in [5.74, 6) is -0.0173. The Labute approximate surface area is 97.4 Å². The molecule has 1 aromatic carbocycles. The van der Waals surface area contributed by atoms with E-state index in [1.54, 1.807) is 0 Å². The highest BCUT2D eigenvalue weighted by molar-refractivity contribution is 5.97. The smallest absolute Gasteiger partial charge is 0.247 e. The standard InChI is InChI=1S/C14H19NO/c1-11(13(16)15-14(2,3)4)10-12-8-6-5-7-9-12/h5-10H,1-4H3,(H,15,16). The van der Waals surface area contributed by atoms with Gasteiger partial charge in [0.25, 0.3) is 0 Å². The van der Waals surface area contributed by atoms with E-state index in [1.807, 2.05) is 64.1 Å². The van der Waals surface area contributed by atoms with Crippen LogP contribution in [0.1, 0.15) is 33.3 Å². The quantitative estimate of drug-likeness (QED) is 0.758. The van der Waals surface area contributed by atoms with Gasteiger partial charge in [-0.05, 0) is 39.3 Å². The molecule has 0 saturated heterocycles. The van der Waals surface area contributed by atoms with Gasteiger partial charge in [-0.15, -0.1) is 0 Å². The minimum absolute atomic E-state index is 0.0173. The van der Waals surface area contributed by atoms with Crippen molar-refractivity contribution in [2.75, 3.05) is 0 Å². The molecule has 0 aliphatic rings. The highest BCUT2D eigenvalue weighted by atomic mass is 16.1. The van der Waals surface area contributed by atoms with Crippen LogP contribution in [-0.2, 0) is 4.79 Å². The number of carbonyl (C=O) groups is 1. The highest BCUT2D eigenvalue weighted by Gasteiger charge is 2.14. The Morgan fingerprint density at radius 3 is 2.25 bits per heavy atom. The van der Waals surface area contributed by atoms with Gasteiger partial charge in [0.1, 0.15) is 0 Å². The summed E-state index contributed by atoms with van der Waals surface area (Å²) in [6.07, 6.45) is 1.89. The Morgan fingerprint density at radius 1 is 1.19 bits per heavy atom. The fourth-order valence-corrected chi connectivity index (χ4v) is 1.30. The summed E-state index contributed by atoms with van der Waals surface area (Å²) in [5.41, 5.74) is 1.58. The second-order valence-corrected chi connectivity index (χ2v) is 4.94. The lowest BCUT2D eigenvalue weighted by Gasteiger charge is -2.20. The number of benzene rings is 1. The summed E-state index contributed by atoms with van der Waals surface area (Å²) in [6, 6.07) is 9.84. The summed E-state index contributed by atoms with van der Waals surface area (Å²) in [5, 5.41) is 2.93. The van der Waals surface area contributed by atoms with Crippen molar-refractivity contribution in [3.63, 3.8) is 0 Å². The number of carbonyl (C=O) groups excluding carboxylic acids is 1. The van der Waals surface area contributed by atoms with Crippen LogP contribution in [0.15, 0.2) is 35.9 Å². The third-order valence-electron chi connectivity index (χ3n) is 2.03. The Morgan fingerprint density at radius 2 is 1.75 bits per heavy atom. The van der Waals surface area contributed by atoms with Crippen LogP contribution in [0, 0.1) is 0 Å². The van der Waals surface area contributed by atoms with E-state index in [1.165, 1.54) is 0 Å². The molecule has 1 amide bonds. The van der Waals surface area contributed by atoms with Crippen molar-refractivity contribution in [3.8, 4) is 0 Å². The molecule has 0 unspecified atom stereocenters. The van der Waals surface area contributed by atoms with Gasteiger partial charge in [0, 0.05) is 11.1 Å². The molecule has 1 rings (SSSR count). The molecule has 0 radical (unpaired) electrons. The van der Waals surface area contributed by atoms with Gasteiger partial charge in [-0.2, -0.15) is 0 Å². The van der Waals surface area contributed by atoms with Gasteiger partial charge >= 0.3 is 0 Å². The van der Waals surface area contributed by atoms with Crippen LogP contribution in [0.2, 0.25) is 0 Å². The molecule has 0 fully saturated rings. The molecule has 0 saturated carbocycles. The molecule has 0 aliphatic carbocycles. The zero-order valence-corrected chi connectivity index (χ0v) is 10.4. The molecule has 2 nitrogen and oxygen atoms in total. The lowest BCUT2D eigenvalue weighted by Crippen LogP contribution is -2.40. The van der Waals surface area contributed by atoms with Gasteiger partial charge in [0.2, 0.25) is 5.91 Å². The predicted octanol–water partition coefficient (Wildman–Crippen LogP) is 3.00. The van der Waals surface area contributed by atoms with E-state index >= 15 is 0 Å². The Balaban J connectivity index is 2.75. The average Bonchev–Trinajstić information content (AvgIpc) is 2.16. The maximum Gasteiger partial charge on any atom is 0.247 e. The van der Waals surface area contributed by atoms with E-state index in [0.29, 0.717) is 0 Å². The first-order valence-corrected chi connectivity index (χ1v) is 5.44. The molecule has 0 aromatic heterocycles. The van der Waals surface area contributed by atoms with E-state index in [2.05, 4.69) is 5.32 Å². The van der Waals surface area contributed by atoms with Crippen molar-refractivity contribution in [2.45, 2.75) is 33.2 Å². The number of hydrogen-bond acceptors (Lipinski definition) is 1. The van der Waals surface area contributed by atoms with Crippen LogP contribution in [-0.4, -0.2) is 11.4 Å². The zero-order chi connectivity index (χ0) is 12.2. The number of nitrogens with one attached hydrogen (secondary N) is 1. The van der Waals surface area contributed by atoms with Gasteiger partial charge in [0.15, 0.2) is 0 Å². The third kappa shape index (κ3) is 4.30. The van der Waals surface area contributed by atoms with Crippen molar-refractivity contribution in [1.82, 2.24) is 5.32 Å². The lowest BCUT2D eigenvalue weighted by molar-refractivity contribution is -0.118. The molecule has 0 aliphatic heterocycles. The molecule has 0 spiro atoms. The maximum absolute atomic E-state index is 11.8. The van der Waals surface area contributed by atoms with Gasteiger partial charge in [-0.25, -0.2) is 0 Å². The summed E-state index contributed by atoms with van der Waals surface area (Å²) in [4.78, 5) is 11.8. The molecule has 1 aromatic rings. The van der Waals surface area contributed by atoms with Crippen molar-refractivity contribution in [3.05, 3.63) is 41.5 Å². The average molecular weight is 217 g/mol. The molecule has 0 bridgehead atoms. The van der Waals surface area contributed by atoms with Crippen LogP contribution < -0.4 is 5.32 Å². The minimum Gasteiger partial charge on any atom is -0.348 e. The van der Waals surface area contributed by atoms with Gasteiger partial charge in [0.05, 0.1) is 0 Å². The largest absolute Gasteiger partial charge is 0.348 e. The van der Waals surface area contributed by atoms with E-state index in [9.17, 15) is 4.79 Å². The molecule has 1 N–H and O–H groups in total. The minimum atomic E-state index is -0.192.